The summed E-state index contributed by atoms with van der Waals surface area (Å²) in [6.45, 7) is 7.08. The minimum absolute atomic E-state index is 0.448. The number of ether oxygens (including phenoxy) is 1. The lowest BCUT2D eigenvalue weighted by Gasteiger charge is -2.03. The van der Waals surface area contributed by atoms with Gasteiger partial charge in [-0.25, -0.2) is 0 Å². The van der Waals surface area contributed by atoms with E-state index in [1.165, 1.54) is 13.2 Å². The summed E-state index contributed by atoms with van der Waals surface area (Å²) in [5, 5.41) is 0.448. The molecule has 0 amide bonds. The zero-order valence-electron chi connectivity index (χ0n) is 5.66. The summed E-state index contributed by atoms with van der Waals surface area (Å²) in [5.74, 6) is 0.511. The van der Waals surface area contributed by atoms with Crippen LogP contribution in [0.3, 0.4) is 0 Å². The first-order chi connectivity index (χ1) is 4.63. The van der Waals surface area contributed by atoms with Gasteiger partial charge in [0, 0.05) is 0 Å². The van der Waals surface area contributed by atoms with Crippen LogP contribution < -0.4 is 0 Å². The second-order valence-electron chi connectivity index (χ2n) is 1.49. The van der Waals surface area contributed by atoms with E-state index >= 15 is 0 Å². The third kappa shape index (κ3) is 2.58. The van der Waals surface area contributed by atoms with Gasteiger partial charge in [0.15, 0.2) is 5.76 Å². The number of hydrogen-bond donors (Lipinski definition) is 0. The molecule has 10 heavy (non-hydrogen) atoms. The van der Waals surface area contributed by atoms with Crippen LogP contribution in [0, 0.1) is 0 Å². The Morgan fingerprint density at radius 3 is 2.30 bits per heavy atom. The molecule has 0 aromatic heterocycles. The average molecular weight is 223 g/mol. The second-order valence-corrected chi connectivity index (χ2v) is 2.85. The number of methoxy groups -OCH3 is 1. The summed E-state index contributed by atoms with van der Waals surface area (Å²) in [7, 11) is 1.52. The largest absolute Gasteiger partial charge is 0.494 e. The molecule has 0 atom stereocenters. The summed E-state index contributed by atoms with van der Waals surface area (Å²) in [5.41, 5.74) is 0. The van der Waals surface area contributed by atoms with E-state index < -0.39 is 0 Å². The Morgan fingerprint density at radius 2 is 2.20 bits per heavy atom. The molecule has 0 aromatic carbocycles. The Kier molecular flexibility index (Phi) is 4.49. The molecule has 0 saturated carbocycles. The molecule has 0 spiro atoms. The van der Waals surface area contributed by atoms with E-state index in [0.29, 0.717) is 15.3 Å². The average Bonchev–Trinajstić information content (AvgIpc) is 1.88. The molecular formula is C7H8BrClO. The van der Waals surface area contributed by atoms with Gasteiger partial charge in [-0.05, 0) is 22.0 Å². The van der Waals surface area contributed by atoms with Crippen LogP contribution >= 0.6 is 27.5 Å². The fourth-order valence-corrected chi connectivity index (χ4v) is 1.11. The molecule has 0 aromatic rings. The van der Waals surface area contributed by atoms with Crippen LogP contribution in [-0.2, 0) is 4.74 Å². The molecule has 56 valence electrons. The minimum atomic E-state index is 0.448. The maximum atomic E-state index is 5.67. The van der Waals surface area contributed by atoms with E-state index in [0.717, 1.165) is 0 Å². The van der Waals surface area contributed by atoms with Crippen LogP contribution in [0.5, 0.6) is 0 Å². The van der Waals surface area contributed by atoms with Crippen molar-refractivity contribution in [2.75, 3.05) is 7.11 Å². The molecule has 0 fully saturated rings. The number of rotatable bonds is 3. The lowest BCUT2D eigenvalue weighted by molar-refractivity contribution is 0.304. The molecule has 1 nitrogen and oxygen atoms in total. The van der Waals surface area contributed by atoms with Crippen molar-refractivity contribution >= 4 is 27.5 Å². The van der Waals surface area contributed by atoms with Crippen LogP contribution in [0.15, 0.2) is 34.5 Å². The highest BCUT2D eigenvalue weighted by Crippen LogP contribution is 2.22. The van der Waals surface area contributed by atoms with Crippen molar-refractivity contribution in [3.8, 4) is 0 Å². The first kappa shape index (κ1) is 9.79. The number of allylic oxidation sites excluding steroid dienone is 3. The Bertz CT molecular complexity index is 184. The van der Waals surface area contributed by atoms with E-state index in [4.69, 9.17) is 16.3 Å². The van der Waals surface area contributed by atoms with Crippen molar-refractivity contribution in [2.45, 2.75) is 0 Å². The van der Waals surface area contributed by atoms with Gasteiger partial charge in [-0.3, -0.25) is 0 Å². The summed E-state index contributed by atoms with van der Waals surface area (Å²) >= 11 is 8.81. The molecule has 3 heteroatoms. The lowest BCUT2D eigenvalue weighted by atomic mass is 10.4. The van der Waals surface area contributed by atoms with E-state index in [9.17, 15) is 0 Å². The molecule has 0 aliphatic carbocycles. The molecule has 0 radical (unpaired) electrons. The number of hydrogen-bond acceptors (Lipinski definition) is 1. The van der Waals surface area contributed by atoms with Gasteiger partial charge in [-0.2, -0.15) is 0 Å². The topological polar surface area (TPSA) is 9.23 Å². The highest BCUT2D eigenvalue weighted by molar-refractivity contribution is 9.11. The van der Waals surface area contributed by atoms with Gasteiger partial charge in [0.25, 0.3) is 0 Å². The molecular weight excluding hydrogens is 215 g/mol. The fourth-order valence-electron chi connectivity index (χ4n) is 0.431. The van der Waals surface area contributed by atoms with Gasteiger partial charge in [-0.15, -0.1) is 0 Å². The summed E-state index contributed by atoms with van der Waals surface area (Å²) < 4.78 is 5.51. The summed E-state index contributed by atoms with van der Waals surface area (Å²) in [6, 6.07) is 0. The van der Waals surface area contributed by atoms with Gasteiger partial charge in [0.2, 0.25) is 0 Å². The van der Waals surface area contributed by atoms with Gasteiger partial charge in [-0.1, -0.05) is 24.8 Å². The molecule has 0 unspecified atom stereocenters. The van der Waals surface area contributed by atoms with Crippen LogP contribution in [0.2, 0.25) is 0 Å². The SMILES string of the molecule is C=C/C(Cl)=C(/OC)C(=C)Br. The Balaban J connectivity index is 4.62. The standard InChI is InChI=1S/C7H8BrClO/c1-4-6(9)7(10-3)5(2)8/h4H,1-2H2,3H3/b7-6-. The van der Waals surface area contributed by atoms with Crippen molar-refractivity contribution in [3.63, 3.8) is 0 Å². The van der Waals surface area contributed by atoms with E-state index in [1.54, 1.807) is 0 Å². The first-order valence-electron chi connectivity index (χ1n) is 2.54. The Labute approximate surface area is 74.1 Å². The maximum Gasteiger partial charge on any atom is 0.150 e. The maximum absolute atomic E-state index is 5.67. The third-order valence-corrected chi connectivity index (χ3v) is 1.53. The zero-order chi connectivity index (χ0) is 8.15. The Hall–Kier alpha value is -0.210. The number of halogens is 2. The van der Waals surface area contributed by atoms with Crippen molar-refractivity contribution in [3.05, 3.63) is 34.5 Å². The second kappa shape index (κ2) is 4.58. The summed E-state index contributed by atoms with van der Waals surface area (Å²) in [6.07, 6.45) is 1.49. The Morgan fingerprint density at radius 1 is 1.70 bits per heavy atom. The van der Waals surface area contributed by atoms with Gasteiger partial charge in [0.1, 0.15) is 0 Å². The quantitative estimate of drug-likeness (QED) is 0.527. The molecule has 0 aliphatic rings. The smallest absolute Gasteiger partial charge is 0.150 e. The highest BCUT2D eigenvalue weighted by atomic mass is 79.9. The molecule has 0 bridgehead atoms. The van der Waals surface area contributed by atoms with E-state index in [-0.39, 0.29) is 0 Å². The predicted molar refractivity (Wildman–Crippen MR) is 48.2 cm³/mol. The van der Waals surface area contributed by atoms with Crippen LogP contribution in [0.25, 0.3) is 0 Å². The van der Waals surface area contributed by atoms with Crippen molar-refractivity contribution < 1.29 is 4.74 Å². The van der Waals surface area contributed by atoms with Gasteiger partial charge < -0.3 is 4.74 Å². The van der Waals surface area contributed by atoms with E-state index in [1.807, 2.05) is 0 Å². The van der Waals surface area contributed by atoms with Crippen LogP contribution in [0.1, 0.15) is 0 Å². The highest BCUT2D eigenvalue weighted by Gasteiger charge is 2.02. The molecule has 0 N–H and O–H groups in total. The molecule has 0 aliphatic heterocycles. The van der Waals surface area contributed by atoms with Crippen molar-refractivity contribution in [1.82, 2.24) is 0 Å². The molecule has 0 saturated heterocycles. The first-order valence-corrected chi connectivity index (χ1v) is 3.71. The third-order valence-electron chi connectivity index (χ3n) is 0.847. The zero-order valence-corrected chi connectivity index (χ0v) is 8.00. The predicted octanol–water partition coefficient (Wildman–Crippen LogP) is 3.18. The molecule has 0 rings (SSSR count). The summed E-state index contributed by atoms with van der Waals surface area (Å²) in [4.78, 5) is 0. The van der Waals surface area contributed by atoms with Crippen molar-refractivity contribution in [2.24, 2.45) is 0 Å². The van der Waals surface area contributed by atoms with Crippen molar-refractivity contribution in [1.29, 1.82) is 0 Å². The minimum Gasteiger partial charge on any atom is -0.494 e. The molecule has 0 heterocycles. The fraction of sp³-hybridized carbons (Fsp3) is 0.143. The normalized spacial score (nSPS) is 11.9. The monoisotopic (exact) mass is 222 g/mol. The lowest BCUT2D eigenvalue weighted by Crippen LogP contribution is -1.86. The van der Waals surface area contributed by atoms with E-state index in [2.05, 4.69) is 29.1 Å². The van der Waals surface area contributed by atoms with Crippen LogP contribution in [-0.4, -0.2) is 7.11 Å². The van der Waals surface area contributed by atoms with Crippen LogP contribution in [0.4, 0.5) is 0 Å². The van der Waals surface area contributed by atoms with Gasteiger partial charge >= 0.3 is 0 Å². The van der Waals surface area contributed by atoms with Gasteiger partial charge in [0.05, 0.1) is 16.6 Å².